The van der Waals surface area contributed by atoms with Crippen LogP contribution in [0, 0.1) is 11.2 Å². The zero-order valence-corrected chi connectivity index (χ0v) is 12.7. The molecular weight excluding hydrogens is 269 g/mol. The van der Waals surface area contributed by atoms with Gasteiger partial charge in [0, 0.05) is 24.6 Å². The van der Waals surface area contributed by atoms with E-state index in [9.17, 15) is 4.39 Å². The van der Waals surface area contributed by atoms with Crippen molar-refractivity contribution in [3.05, 3.63) is 29.6 Å². The number of benzene rings is 1. The summed E-state index contributed by atoms with van der Waals surface area (Å²) in [5.74, 6) is 0.103. The van der Waals surface area contributed by atoms with Crippen molar-refractivity contribution in [1.29, 1.82) is 0 Å². The van der Waals surface area contributed by atoms with Crippen molar-refractivity contribution in [2.75, 3.05) is 26.9 Å². The molecule has 1 aliphatic heterocycles. The number of methoxy groups -OCH3 is 1. The van der Waals surface area contributed by atoms with Crippen LogP contribution >= 0.6 is 0 Å². The SMILES string of the molecule is COc1cccc(CC2(CNC3CC3)CCCOC2)c1F. The molecule has 0 amide bonds. The monoisotopic (exact) mass is 293 g/mol. The van der Waals surface area contributed by atoms with E-state index in [1.54, 1.807) is 6.07 Å². The van der Waals surface area contributed by atoms with Crippen molar-refractivity contribution >= 4 is 0 Å². The maximum atomic E-state index is 14.4. The van der Waals surface area contributed by atoms with Crippen LogP contribution in [-0.2, 0) is 11.2 Å². The van der Waals surface area contributed by atoms with E-state index in [4.69, 9.17) is 9.47 Å². The molecule has 2 fully saturated rings. The minimum atomic E-state index is -0.226. The topological polar surface area (TPSA) is 30.5 Å². The number of nitrogens with one attached hydrogen (secondary N) is 1. The summed E-state index contributed by atoms with van der Waals surface area (Å²) in [7, 11) is 1.51. The summed E-state index contributed by atoms with van der Waals surface area (Å²) >= 11 is 0. The lowest BCUT2D eigenvalue weighted by atomic mass is 9.77. The molecule has 0 aromatic heterocycles. The smallest absolute Gasteiger partial charge is 0.168 e. The fourth-order valence-corrected chi connectivity index (χ4v) is 3.15. The van der Waals surface area contributed by atoms with Crippen molar-refractivity contribution in [1.82, 2.24) is 5.32 Å². The summed E-state index contributed by atoms with van der Waals surface area (Å²) in [5.41, 5.74) is 0.742. The minimum absolute atomic E-state index is 0.00798. The second kappa shape index (κ2) is 6.32. The molecule has 2 aliphatic rings. The molecular formula is C17H24FNO2. The molecule has 0 spiro atoms. The van der Waals surface area contributed by atoms with Crippen LogP contribution in [0.2, 0.25) is 0 Å². The molecule has 1 aromatic carbocycles. The molecule has 1 aliphatic carbocycles. The van der Waals surface area contributed by atoms with Gasteiger partial charge >= 0.3 is 0 Å². The molecule has 0 bridgehead atoms. The second-order valence-corrected chi connectivity index (χ2v) is 6.42. The molecule has 1 saturated carbocycles. The Balaban J connectivity index is 1.76. The highest BCUT2D eigenvalue weighted by Gasteiger charge is 2.36. The van der Waals surface area contributed by atoms with E-state index in [1.807, 2.05) is 12.1 Å². The lowest BCUT2D eigenvalue weighted by molar-refractivity contribution is -0.00776. The van der Waals surface area contributed by atoms with Gasteiger partial charge in [-0.05, 0) is 43.7 Å². The number of hydrogen-bond acceptors (Lipinski definition) is 3. The Morgan fingerprint density at radius 1 is 1.43 bits per heavy atom. The van der Waals surface area contributed by atoms with E-state index >= 15 is 0 Å². The Bertz CT molecular complexity index is 482. The third-order valence-corrected chi connectivity index (χ3v) is 4.58. The molecule has 1 N–H and O–H groups in total. The highest BCUT2D eigenvalue weighted by atomic mass is 19.1. The zero-order chi connectivity index (χ0) is 14.7. The Labute approximate surface area is 125 Å². The van der Waals surface area contributed by atoms with Crippen LogP contribution in [0.15, 0.2) is 18.2 Å². The molecule has 4 heteroatoms. The molecule has 21 heavy (non-hydrogen) atoms. The fraction of sp³-hybridized carbons (Fsp3) is 0.647. The van der Waals surface area contributed by atoms with E-state index in [0.717, 1.165) is 31.6 Å². The lowest BCUT2D eigenvalue weighted by Crippen LogP contribution is -2.43. The van der Waals surface area contributed by atoms with Crippen molar-refractivity contribution in [3.8, 4) is 5.75 Å². The highest BCUT2D eigenvalue weighted by Crippen LogP contribution is 2.35. The van der Waals surface area contributed by atoms with Crippen LogP contribution in [0.3, 0.4) is 0 Å². The van der Waals surface area contributed by atoms with Gasteiger partial charge in [-0.2, -0.15) is 0 Å². The highest BCUT2D eigenvalue weighted by molar-refractivity contribution is 5.32. The summed E-state index contributed by atoms with van der Waals surface area (Å²) < 4.78 is 25.2. The van der Waals surface area contributed by atoms with Crippen LogP contribution in [0.25, 0.3) is 0 Å². The van der Waals surface area contributed by atoms with Gasteiger partial charge in [0.2, 0.25) is 0 Å². The predicted octanol–water partition coefficient (Wildman–Crippen LogP) is 2.93. The van der Waals surface area contributed by atoms with E-state index in [-0.39, 0.29) is 11.2 Å². The molecule has 116 valence electrons. The Morgan fingerprint density at radius 2 is 2.29 bits per heavy atom. The maximum absolute atomic E-state index is 14.4. The van der Waals surface area contributed by atoms with E-state index in [1.165, 1.54) is 20.0 Å². The standard InChI is InChI=1S/C17H24FNO2/c1-20-15-5-2-4-13(16(15)18)10-17(8-3-9-21-12-17)11-19-14-6-7-14/h2,4-5,14,19H,3,6-12H2,1H3. The van der Waals surface area contributed by atoms with Crippen molar-refractivity contribution in [2.24, 2.45) is 5.41 Å². The van der Waals surface area contributed by atoms with Crippen LogP contribution in [-0.4, -0.2) is 32.9 Å². The molecule has 3 rings (SSSR count). The van der Waals surface area contributed by atoms with Crippen LogP contribution in [0.1, 0.15) is 31.2 Å². The van der Waals surface area contributed by atoms with E-state index < -0.39 is 0 Å². The average Bonchev–Trinajstić information content (AvgIpc) is 3.33. The van der Waals surface area contributed by atoms with Crippen molar-refractivity contribution in [3.63, 3.8) is 0 Å². The van der Waals surface area contributed by atoms with Gasteiger partial charge in [-0.3, -0.25) is 0 Å². The number of hydrogen-bond donors (Lipinski definition) is 1. The zero-order valence-electron chi connectivity index (χ0n) is 12.7. The summed E-state index contributed by atoms with van der Waals surface area (Å²) in [6.45, 7) is 2.45. The number of halogens is 1. The van der Waals surface area contributed by atoms with E-state index in [0.29, 0.717) is 24.8 Å². The Hall–Kier alpha value is -1.13. The fourth-order valence-electron chi connectivity index (χ4n) is 3.15. The molecule has 1 aromatic rings. The van der Waals surface area contributed by atoms with Gasteiger partial charge in [0.25, 0.3) is 0 Å². The van der Waals surface area contributed by atoms with Crippen molar-refractivity contribution < 1.29 is 13.9 Å². The first kappa shape index (κ1) is 14.8. The van der Waals surface area contributed by atoms with Gasteiger partial charge in [0.1, 0.15) is 0 Å². The maximum Gasteiger partial charge on any atom is 0.168 e. The quantitative estimate of drug-likeness (QED) is 0.875. The number of ether oxygens (including phenoxy) is 2. The molecule has 1 atom stereocenters. The lowest BCUT2D eigenvalue weighted by Gasteiger charge is -2.37. The summed E-state index contributed by atoms with van der Waals surface area (Å²) in [5, 5.41) is 3.60. The van der Waals surface area contributed by atoms with Crippen molar-refractivity contribution in [2.45, 2.75) is 38.1 Å². The summed E-state index contributed by atoms with van der Waals surface area (Å²) in [4.78, 5) is 0. The molecule has 0 radical (unpaired) electrons. The van der Waals surface area contributed by atoms with Gasteiger partial charge < -0.3 is 14.8 Å². The van der Waals surface area contributed by atoms with E-state index in [2.05, 4.69) is 5.32 Å². The van der Waals surface area contributed by atoms with Crippen LogP contribution < -0.4 is 10.1 Å². The molecule has 1 unspecified atom stereocenters. The van der Waals surface area contributed by atoms with Gasteiger partial charge in [0.15, 0.2) is 11.6 Å². The summed E-state index contributed by atoms with van der Waals surface area (Å²) in [6.07, 6.45) is 5.38. The normalized spacial score (nSPS) is 25.8. The first-order valence-electron chi connectivity index (χ1n) is 7.85. The summed E-state index contributed by atoms with van der Waals surface area (Å²) in [6, 6.07) is 6.07. The molecule has 1 heterocycles. The average molecular weight is 293 g/mol. The van der Waals surface area contributed by atoms with Gasteiger partial charge in [0.05, 0.1) is 13.7 Å². The Morgan fingerprint density at radius 3 is 2.95 bits per heavy atom. The largest absolute Gasteiger partial charge is 0.494 e. The first-order valence-corrected chi connectivity index (χ1v) is 7.85. The molecule has 1 saturated heterocycles. The number of rotatable bonds is 6. The van der Waals surface area contributed by atoms with Gasteiger partial charge in [-0.1, -0.05) is 12.1 Å². The van der Waals surface area contributed by atoms with Crippen LogP contribution in [0.4, 0.5) is 4.39 Å². The predicted molar refractivity (Wildman–Crippen MR) is 80.2 cm³/mol. The second-order valence-electron chi connectivity index (χ2n) is 6.42. The first-order chi connectivity index (χ1) is 10.2. The third kappa shape index (κ3) is 3.55. The third-order valence-electron chi connectivity index (χ3n) is 4.58. The Kier molecular flexibility index (Phi) is 4.45. The van der Waals surface area contributed by atoms with Crippen LogP contribution in [0.5, 0.6) is 5.75 Å². The van der Waals surface area contributed by atoms with Gasteiger partial charge in [-0.15, -0.1) is 0 Å². The van der Waals surface area contributed by atoms with Gasteiger partial charge in [-0.25, -0.2) is 4.39 Å². The molecule has 3 nitrogen and oxygen atoms in total. The minimum Gasteiger partial charge on any atom is -0.494 e.